The lowest BCUT2D eigenvalue weighted by Crippen LogP contribution is -2.27. The van der Waals surface area contributed by atoms with Crippen molar-refractivity contribution in [1.29, 1.82) is 0 Å². The summed E-state index contributed by atoms with van der Waals surface area (Å²) in [6, 6.07) is 16.9. The zero-order valence-electron chi connectivity index (χ0n) is 21.9. The first-order valence-electron chi connectivity index (χ1n) is 12.5. The smallest absolute Gasteiger partial charge is 0.264 e. The highest BCUT2D eigenvalue weighted by molar-refractivity contribution is 7.85. The summed E-state index contributed by atoms with van der Waals surface area (Å²) in [5.41, 5.74) is 7.23. The second-order valence-corrected chi connectivity index (χ2v) is 12.2. The van der Waals surface area contributed by atoms with Crippen molar-refractivity contribution in [3.63, 3.8) is 0 Å². The van der Waals surface area contributed by atoms with E-state index in [1.165, 1.54) is 28.2 Å². The van der Waals surface area contributed by atoms with Crippen LogP contribution in [0.15, 0.2) is 84.6 Å². The highest BCUT2D eigenvalue weighted by atomic mass is 32.2. The Bertz CT molecular complexity index is 1380. The minimum Gasteiger partial charge on any atom is -0.344 e. The zero-order valence-corrected chi connectivity index (χ0v) is 22.7. The third-order valence-corrected chi connectivity index (χ3v) is 8.31. The molecule has 0 aliphatic carbocycles. The Morgan fingerprint density at radius 2 is 1.56 bits per heavy atom. The van der Waals surface area contributed by atoms with Crippen molar-refractivity contribution < 1.29 is 17.5 Å². The van der Waals surface area contributed by atoms with Crippen LogP contribution in [0.4, 0.5) is 11.4 Å². The normalized spacial score (nSPS) is 19.6. The maximum atomic E-state index is 11.1. The van der Waals surface area contributed by atoms with Crippen molar-refractivity contribution in [2.24, 2.45) is 0 Å². The lowest BCUT2D eigenvalue weighted by Gasteiger charge is -2.27. The highest BCUT2D eigenvalue weighted by Crippen LogP contribution is 2.47. The molecule has 0 unspecified atom stereocenters. The van der Waals surface area contributed by atoms with Crippen LogP contribution in [-0.4, -0.2) is 42.6 Å². The van der Waals surface area contributed by atoms with Gasteiger partial charge in [-0.3, -0.25) is 4.55 Å². The summed E-state index contributed by atoms with van der Waals surface area (Å²) >= 11 is 0. The summed E-state index contributed by atoms with van der Waals surface area (Å²) in [6.07, 6.45) is 11.7. The van der Waals surface area contributed by atoms with Crippen molar-refractivity contribution in [3.05, 3.63) is 95.7 Å². The van der Waals surface area contributed by atoms with Gasteiger partial charge in [0.05, 0.1) is 11.2 Å². The number of nitrogens with zero attached hydrogens (tertiary/aromatic N) is 2. The Morgan fingerprint density at radius 1 is 0.889 bits per heavy atom. The minimum atomic E-state index is -3.93. The van der Waals surface area contributed by atoms with E-state index in [9.17, 15) is 8.42 Å². The van der Waals surface area contributed by atoms with Gasteiger partial charge in [-0.05, 0) is 44.4 Å². The molecule has 2 aromatic carbocycles. The van der Waals surface area contributed by atoms with Crippen LogP contribution in [0, 0.1) is 0 Å². The van der Waals surface area contributed by atoms with Gasteiger partial charge < -0.3 is 4.90 Å². The van der Waals surface area contributed by atoms with E-state index in [0.29, 0.717) is 19.4 Å². The summed E-state index contributed by atoms with van der Waals surface area (Å²) in [5, 5.41) is 0. The third kappa shape index (κ3) is 4.97. The molecule has 0 atom stereocenters. The zero-order chi connectivity index (χ0) is 26.1. The van der Waals surface area contributed by atoms with Crippen LogP contribution >= 0.6 is 0 Å². The quantitative estimate of drug-likeness (QED) is 0.202. The van der Waals surface area contributed by atoms with Gasteiger partial charge in [-0.25, -0.2) is 0 Å². The maximum Gasteiger partial charge on any atom is 0.264 e. The predicted molar refractivity (Wildman–Crippen MR) is 149 cm³/mol. The van der Waals surface area contributed by atoms with E-state index < -0.39 is 10.1 Å². The van der Waals surface area contributed by atoms with Crippen LogP contribution in [0.2, 0.25) is 0 Å². The van der Waals surface area contributed by atoms with E-state index in [-0.39, 0.29) is 16.6 Å². The molecule has 2 aliphatic rings. The minimum absolute atomic E-state index is 0.0535. The van der Waals surface area contributed by atoms with Gasteiger partial charge in [-0.15, -0.1) is 0 Å². The Kier molecular flexibility index (Phi) is 7.13. The average molecular weight is 506 g/mol. The summed E-state index contributed by atoms with van der Waals surface area (Å²) in [5.74, 6) is -0.205. The van der Waals surface area contributed by atoms with Gasteiger partial charge in [0.15, 0.2) is 5.71 Å². The van der Waals surface area contributed by atoms with E-state index in [1.54, 1.807) is 0 Å². The Balaban J connectivity index is 1.54. The topological polar surface area (TPSA) is 60.6 Å². The van der Waals surface area contributed by atoms with E-state index in [2.05, 4.69) is 117 Å². The molecule has 5 nitrogen and oxygen atoms in total. The SMILES string of the molecule is C[N+]1=C(/C=C/C=C/C=C2\N(CCCCS(=O)(=O)O)c3ccccc3C2(C)C)C(C)(C)c2ccccc21. The van der Waals surface area contributed by atoms with Crippen molar-refractivity contribution >= 4 is 27.2 Å². The molecule has 0 bridgehead atoms. The molecule has 0 aromatic heterocycles. The van der Waals surface area contributed by atoms with Crippen LogP contribution in [0.1, 0.15) is 51.7 Å². The number of benzene rings is 2. The van der Waals surface area contributed by atoms with Gasteiger partial charge in [0.2, 0.25) is 5.69 Å². The molecule has 4 rings (SSSR count). The van der Waals surface area contributed by atoms with Gasteiger partial charge in [0.1, 0.15) is 7.05 Å². The molecule has 190 valence electrons. The second-order valence-electron chi connectivity index (χ2n) is 10.7. The standard InChI is InChI=1S/C30H36N2O3S/c1-29(2)23-15-9-11-17-25(23)31(5)27(29)19-7-6-8-20-28-30(3,4)24-16-10-12-18-26(24)32(28)21-13-14-22-36(33,34)35/h6-12,15-20H,13-14,21-22H2,1-5H3/p+1. The molecular weight excluding hydrogens is 468 g/mol. The molecule has 2 aliphatic heterocycles. The fourth-order valence-electron chi connectivity index (χ4n) is 5.60. The number of para-hydroxylation sites is 2. The van der Waals surface area contributed by atoms with Gasteiger partial charge >= 0.3 is 0 Å². The monoisotopic (exact) mass is 505 g/mol. The average Bonchev–Trinajstić information content (AvgIpc) is 3.15. The summed E-state index contributed by atoms with van der Waals surface area (Å²) < 4.78 is 33.6. The molecule has 2 heterocycles. The number of allylic oxidation sites excluding steroid dienone is 6. The number of unbranched alkanes of at least 4 members (excludes halogenated alkanes) is 1. The van der Waals surface area contributed by atoms with E-state index in [1.807, 2.05) is 6.07 Å². The molecule has 0 amide bonds. The molecule has 1 N–H and O–H groups in total. The first-order chi connectivity index (χ1) is 16.9. The number of fused-ring (bicyclic) bond motifs is 2. The lowest BCUT2D eigenvalue weighted by molar-refractivity contribution is -0.401. The maximum absolute atomic E-state index is 11.1. The van der Waals surface area contributed by atoms with Gasteiger partial charge in [0, 0.05) is 41.1 Å². The van der Waals surface area contributed by atoms with Gasteiger partial charge in [0.25, 0.3) is 10.1 Å². The summed E-state index contributed by atoms with van der Waals surface area (Å²) in [7, 11) is -1.81. The van der Waals surface area contributed by atoms with E-state index in [0.717, 1.165) is 5.69 Å². The predicted octanol–water partition coefficient (Wildman–Crippen LogP) is 6.15. The Morgan fingerprint density at radius 3 is 2.25 bits per heavy atom. The third-order valence-electron chi connectivity index (χ3n) is 7.50. The van der Waals surface area contributed by atoms with Crippen LogP contribution in [0.5, 0.6) is 0 Å². The van der Waals surface area contributed by atoms with Crippen molar-refractivity contribution in [2.75, 3.05) is 24.2 Å². The van der Waals surface area contributed by atoms with Crippen LogP contribution in [0.3, 0.4) is 0 Å². The number of hydrogen-bond donors (Lipinski definition) is 1. The van der Waals surface area contributed by atoms with Gasteiger partial charge in [-0.1, -0.05) is 68.5 Å². The van der Waals surface area contributed by atoms with E-state index in [4.69, 9.17) is 4.55 Å². The fraction of sp³-hybridized carbons (Fsp3) is 0.367. The molecular formula is C30H37N2O3S+. The Hall–Kier alpha value is -2.96. The lowest BCUT2D eigenvalue weighted by atomic mass is 9.81. The molecule has 0 saturated carbocycles. The van der Waals surface area contributed by atoms with Crippen LogP contribution < -0.4 is 4.90 Å². The largest absolute Gasteiger partial charge is 0.344 e. The molecule has 2 aromatic rings. The van der Waals surface area contributed by atoms with Crippen LogP contribution in [0.25, 0.3) is 0 Å². The van der Waals surface area contributed by atoms with Gasteiger partial charge in [-0.2, -0.15) is 13.0 Å². The van der Waals surface area contributed by atoms with Crippen molar-refractivity contribution in [3.8, 4) is 0 Å². The first kappa shape index (κ1) is 26.1. The first-order valence-corrected chi connectivity index (χ1v) is 14.1. The van der Waals surface area contributed by atoms with Crippen molar-refractivity contribution in [1.82, 2.24) is 0 Å². The molecule has 6 heteroatoms. The Labute approximate surface area is 215 Å². The highest BCUT2D eigenvalue weighted by Gasteiger charge is 2.42. The molecule has 0 radical (unpaired) electrons. The summed E-state index contributed by atoms with van der Waals surface area (Å²) in [4.78, 5) is 2.28. The second kappa shape index (κ2) is 9.83. The number of rotatable bonds is 8. The van der Waals surface area contributed by atoms with Crippen molar-refractivity contribution in [2.45, 2.75) is 51.4 Å². The molecule has 0 saturated heterocycles. The fourth-order valence-corrected chi connectivity index (χ4v) is 6.16. The number of hydrogen-bond acceptors (Lipinski definition) is 3. The molecule has 0 fully saturated rings. The van der Waals surface area contributed by atoms with E-state index >= 15 is 0 Å². The molecule has 36 heavy (non-hydrogen) atoms. The van der Waals surface area contributed by atoms with Crippen LogP contribution in [-0.2, 0) is 20.9 Å². The summed E-state index contributed by atoms with van der Waals surface area (Å²) in [6.45, 7) is 9.67. The molecule has 0 spiro atoms. The number of anilines is 1.